The van der Waals surface area contributed by atoms with Crippen molar-refractivity contribution in [3.8, 4) is 0 Å². The molecule has 1 amide bonds. The van der Waals surface area contributed by atoms with E-state index in [4.69, 9.17) is 0 Å². The van der Waals surface area contributed by atoms with Crippen LogP contribution in [0.25, 0.3) is 11.0 Å². The van der Waals surface area contributed by atoms with Gasteiger partial charge in [-0.05, 0) is 47.1 Å². The first kappa shape index (κ1) is 17.0. The molecule has 3 aromatic rings. The Morgan fingerprint density at radius 1 is 1.04 bits per heavy atom. The molecule has 0 atom stereocenters. The molecular formula is C20H19BrN4O. The van der Waals surface area contributed by atoms with Crippen molar-refractivity contribution in [3.63, 3.8) is 0 Å². The molecular weight excluding hydrogens is 392 g/mol. The standard InChI is InChI=1S/C20H19BrN4O/c1-14-2-4-15(5-3-14)20(26)25-10-8-24(9-11-25)18-6-7-22-17-12-16(21)13-23-19(17)18/h2-7,12-13H,8-11H2,1H3. The van der Waals surface area contributed by atoms with Gasteiger partial charge in [0.15, 0.2) is 0 Å². The van der Waals surface area contributed by atoms with Crippen LogP contribution in [0.2, 0.25) is 0 Å². The van der Waals surface area contributed by atoms with Gasteiger partial charge in [0.05, 0.1) is 11.2 Å². The summed E-state index contributed by atoms with van der Waals surface area (Å²) in [5.74, 6) is 0.103. The van der Waals surface area contributed by atoms with Crippen LogP contribution >= 0.6 is 15.9 Å². The van der Waals surface area contributed by atoms with Crippen molar-refractivity contribution in [2.45, 2.75) is 6.92 Å². The average Bonchev–Trinajstić information content (AvgIpc) is 2.67. The van der Waals surface area contributed by atoms with Crippen LogP contribution in [0.4, 0.5) is 5.69 Å². The molecule has 4 rings (SSSR count). The van der Waals surface area contributed by atoms with Crippen LogP contribution in [0.1, 0.15) is 15.9 Å². The van der Waals surface area contributed by atoms with Crippen molar-refractivity contribution in [2.24, 2.45) is 0 Å². The van der Waals surface area contributed by atoms with Crippen LogP contribution in [0.15, 0.2) is 53.3 Å². The summed E-state index contributed by atoms with van der Waals surface area (Å²) in [4.78, 5) is 25.8. The Hall–Kier alpha value is -2.47. The lowest BCUT2D eigenvalue weighted by Crippen LogP contribution is -2.48. The zero-order valence-electron chi connectivity index (χ0n) is 14.5. The summed E-state index contributed by atoms with van der Waals surface area (Å²) in [7, 11) is 0. The van der Waals surface area contributed by atoms with E-state index in [1.807, 2.05) is 54.4 Å². The van der Waals surface area contributed by atoms with Gasteiger partial charge in [-0.25, -0.2) is 0 Å². The Kier molecular flexibility index (Phi) is 4.59. The smallest absolute Gasteiger partial charge is 0.253 e. The Bertz CT molecular complexity index is 950. The van der Waals surface area contributed by atoms with Gasteiger partial charge in [-0.3, -0.25) is 14.8 Å². The normalized spacial score (nSPS) is 14.7. The summed E-state index contributed by atoms with van der Waals surface area (Å²) < 4.78 is 0.920. The van der Waals surface area contributed by atoms with Gasteiger partial charge >= 0.3 is 0 Å². The Morgan fingerprint density at radius 2 is 1.77 bits per heavy atom. The fourth-order valence-electron chi connectivity index (χ4n) is 3.28. The number of halogens is 1. The minimum absolute atomic E-state index is 0.103. The minimum atomic E-state index is 0.103. The molecule has 1 aromatic carbocycles. The van der Waals surface area contributed by atoms with Crippen LogP contribution in [0.3, 0.4) is 0 Å². The van der Waals surface area contributed by atoms with Gasteiger partial charge in [0.1, 0.15) is 5.52 Å². The molecule has 0 unspecified atom stereocenters. The number of aromatic nitrogens is 2. The molecule has 6 heteroatoms. The van der Waals surface area contributed by atoms with Crippen LogP contribution in [0, 0.1) is 6.92 Å². The largest absolute Gasteiger partial charge is 0.366 e. The van der Waals surface area contributed by atoms with Crippen LogP contribution in [-0.2, 0) is 0 Å². The molecule has 26 heavy (non-hydrogen) atoms. The van der Waals surface area contributed by atoms with Gasteiger partial charge in [-0.15, -0.1) is 0 Å². The maximum absolute atomic E-state index is 12.7. The molecule has 0 spiro atoms. The fourth-order valence-corrected chi connectivity index (χ4v) is 3.59. The number of amides is 1. The van der Waals surface area contributed by atoms with Crippen LogP contribution in [0.5, 0.6) is 0 Å². The fraction of sp³-hybridized carbons (Fsp3) is 0.250. The summed E-state index contributed by atoms with van der Waals surface area (Å²) in [5, 5.41) is 0. The Balaban J connectivity index is 1.50. The van der Waals surface area contributed by atoms with Gasteiger partial charge in [0.25, 0.3) is 5.91 Å². The van der Waals surface area contributed by atoms with E-state index in [9.17, 15) is 4.79 Å². The first-order valence-electron chi connectivity index (χ1n) is 8.63. The molecule has 0 N–H and O–H groups in total. The molecule has 2 aromatic heterocycles. The molecule has 0 bridgehead atoms. The number of aryl methyl sites for hydroxylation is 1. The lowest BCUT2D eigenvalue weighted by molar-refractivity contribution is 0.0747. The van der Waals surface area contributed by atoms with Gasteiger partial charge in [-0.1, -0.05) is 17.7 Å². The summed E-state index contributed by atoms with van der Waals surface area (Å²) in [6.45, 7) is 5.00. The number of carbonyl (C=O) groups excluding carboxylic acids is 1. The number of hydrogen-bond acceptors (Lipinski definition) is 4. The second-order valence-electron chi connectivity index (χ2n) is 6.50. The molecule has 1 fully saturated rings. The van der Waals surface area contributed by atoms with Crippen molar-refractivity contribution in [2.75, 3.05) is 31.1 Å². The number of fused-ring (bicyclic) bond motifs is 1. The summed E-state index contributed by atoms with van der Waals surface area (Å²) in [6, 6.07) is 11.8. The van der Waals surface area contributed by atoms with Gasteiger partial charge in [0.2, 0.25) is 0 Å². The molecule has 1 saturated heterocycles. The molecule has 3 heterocycles. The minimum Gasteiger partial charge on any atom is -0.366 e. The SMILES string of the molecule is Cc1ccc(C(=O)N2CCN(c3ccnc4cc(Br)cnc34)CC2)cc1. The third-order valence-electron chi connectivity index (χ3n) is 4.73. The number of piperazine rings is 1. The first-order valence-corrected chi connectivity index (χ1v) is 9.42. The monoisotopic (exact) mass is 410 g/mol. The first-order chi connectivity index (χ1) is 12.6. The predicted molar refractivity (Wildman–Crippen MR) is 107 cm³/mol. The van der Waals surface area contributed by atoms with Crippen molar-refractivity contribution >= 4 is 38.6 Å². The van der Waals surface area contributed by atoms with Gasteiger partial charge in [-0.2, -0.15) is 0 Å². The highest BCUT2D eigenvalue weighted by atomic mass is 79.9. The Morgan fingerprint density at radius 3 is 2.50 bits per heavy atom. The van der Waals surface area contributed by atoms with E-state index >= 15 is 0 Å². The number of rotatable bonds is 2. The quantitative estimate of drug-likeness (QED) is 0.646. The van der Waals surface area contributed by atoms with E-state index in [1.54, 1.807) is 6.20 Å². The summed E-state index contributed by atoms with van der Waals surface area (Å²) in [6.07, 6.45) is 3.61. The van der Waals surface area contributed by atoms with Gasteiger partial charge in [0, 0.05) is 48.6 Å². The van der Waals surface area contributed by atoms with E-state index in [0.717, 1.165) is 45.4 Å². The number of pyridine rings is 2. The molecule has 5 nitrogen and oxygen atoms in total. The zero-order chi connectivity index (χ0) is 18.1. The molecule has 1 aliphatic heterocycles. The second kappa shape index (κ2) is 7.03. The number of carbonyl (C=O) groups is 1. The topological polar surface area (TPSA) is 49.3 Å². The van der Waals surface area contributed by atoms with E-state index in [-0.39, 0.29) is 5.91 Å². The summed E-state index contributed by atoms with van der Waals surface area (Å²) in [5.41, 5.74) is 4.76. The van der Waals surface area contributed by atoms with Gasteiger partial charge < -0.3 is 9.80 Å². The van der Waals surface area contributed by atoms with Crippen molar-refractivity contribution in [1.82, 2.24) is 14.9 Å². The van der Waals surface area contributed by atoms with Crippen molar-refractivity contribution in [3.05, 3.63) is 64.4 Å². The zero-order valence-corrected chi connectivity index (χ0v) is 16.1. The molecule has 0 aliphatic carbocycles. The van der Waals surface area contributed by atoms with E-state index < -0.39 is 0 Å². The van der Waals surface area contributed by atoms with Crippen molar-refractivity contribution in [1.29, 1.82) is 0 Å². The van der Waals surface area contributed by atoms with E-state index in [0.29, 0.717) is 13.1 Å². The molecule has 0 saturated carbocycles. The van der Waals surface area contributed by atoms with E-state index in [1.165, 1.54) is 0 Å². The number of anilines is 1. The maximum atomic E-state index is 12.7. The van der Waals surface area contributed by atoms with Crippen LogP contribution in [-0.4, -0.2) is 47.0 Å². The maximum Gasteiger partial charge on any atom is 0.253 e. The summed E-state index contributed by atoms with van der Waals surface area (Å²) >= 11 is 3.44. The third-order valence-corrected chi connectivity index (χ3v) is 5.16. The molecule has 1 aliphatic rings. The second-order valence-corrected chi connectivity index (χ2v) is 7.41. The average molecular weight is 411 g/mol. The van der Waals surface area contributed by atoms with E-state index in [2.05, 4.69) is 30.8 Å². The number of hydrogen-bond donors (Lipinski definition) is 0. The lowest BCUT2D eigenvalue weighted by atomic mass is 10.1. The predicted octanol–water partition coefficient (Wildman–Crippen LogP) is 3.66. The Labute approximate surface area is 160 Å². The highest BCUT2D eigenvalue weighted by Gasteiger charge is 2.23. The third kappa shape index (κ3) is 3.29. The highest BCUT2D eigenvalue weighted by molar-refractivity contribution is 9.10. The number of benzene rings is 1. The number of nitrogens with zero attached hydrogens (tertiary/aromatic N) is 4. The van der Waals surface area contributed by atoms with Crippen LogP contribution < -0.4 is 4.90 Å². The molecule has 132 valence electrons. The lowest BCUT2D eigenvalue weighted by Gasteiger charge is -2.36. The highest BCUT2D eigenvalue weighted by Crippen LogP contribution is 2.26. The van der Waals surface area contributed by atoms with Crippen molar-refractivity contribution < 1.29 is 4.79 Å². The molecule has 0 radical (unpaired) electrons.